The third-order valence-corrected chi connectivity index (χ3v) is 7.22. The van der Waals surface area contributed by atoms with Crippen LogP contribution in [-0.4, -0.2) is 15.1 Å². The molecule has 2 aromatic heterocycles. The van der Waals surface area contributed by atoms with Crippen molar-refractivity contribution >= 4 is 22.2 Å². The van der Waals surface area contributed by atoms with E-state index in [1.165, 1.54) is 0 Å². The van der Waals surface area contributed by atoms with Crippen LogP contribution in [0.25, 0.3) is 22.2 Å². The molecule has 0 saturated heterocycles. The molecule has 5 rings (SSSR count). The highest BCUT2D eigenvalue weighted by Crippen LogP contribution is 2.52. The topological polar surface area (TPSA) is 72.3 Å². The van der Waals surface area contributed by atoms with Gasteiger partial charge >= 0.3 is 0 Å². The number of hydrogen-bond acceptors (Lipinski definition) is 5. The lowest BCUT2D eigenvalue weighted by atomic mass is 9.69. The van der Waals surface area contributed by atoms with Gasteiger partial charge in [-0.15, -0.1) is 0 Å². The molecule has 0 unspecified atom stereocenters. The third-order valence-electron chi connectivity index (χ3n) is 7.22. The van der Waals surface area contributed by atoms with E-state index in [0.29, 0.717) is 34.9 Å². The number of benzene rings is 3. The molecule has 172 valence electrons. The van der Waals surface area contributed by atoms with Gasteiger partial charge in [0.1, 0.15) is 16.8 Å². The average Bonchev–Trinajstić information content (AvgIpc) is 3.48. The molecule has 0 spiro atoms. The van der Waals surface area contributed by atoms with Gasteiger partial charge in [-0.25, -0.2) is 9.97 Å². The van der Waals surface area contributed by atoms with Crippen LogP contribution in [0.15, 0.2) is 69.5 Å². The van der Waals surface area contributed by atoms with E-state index in [-0.39, 0.29) is 5.75 Å². The van der Waals surface area contributed by atoms with Gasteiger partial charge in [0, 0.05) is 5.56 Å². The number of fused-ring (bicyclic) bond motifs is 2. The number of allylic oxidation sites excluding steroid dienone is 1. The second kappa shape index (κ2) is 7.87. The summed E-state index contributed by atoms with van der Waals surface area (Å²) >= 11 is 0. The molecule has 0 atom stereocenters. The van der Waals surface area contributed by atoms with Crippen LogP contribution >= 0.6 is 0 Å². The fraction of sp³-hybridized carbons (Fsp3) is 0.241. The number of phenolic OH excluding ortho intramolecular Hbond substituents is 1. The Labute approximate surface area is 198 Å². The van der Waals surface area contributed by atoms with Gasteiger partial charge in [-0.2, -0.15) is 0 Å². The largest absolute Gasteiger partial charge is 0.507 e. The molecule has 0 aliphatic carbocycles. The first-order chi connectivity index (χ1) is 16.3. The average molecular weight is 453 g/mol. The fourth-order valence-corrected chi connectivity index (χ4v) is 4.87. The van der Waals surface area contributed by atoms with Crippen molar-refractivity contribution in [1.29, 1.82) is 0 Å². The predicted molar refractivity (Wildman–Crippen MR) is 134 cm³/mol. The minimum absolute atomic E-state index is 0.180. The summed E-state index contributed by atoms with van der Waals surface area (Å²) in [7, 11) is 0. The van der Waals surface area contributed by atoms with Gasteiger partial charge in [-0.1, -0.05) is 37.8 Å². The molecule has 5 aromatic rings. The molecule has 1 N–H and O–H groups in total. The molecular weight excluding hydrogens is 424 g/mol. The van der Waals surface area contributed by atoms with E-state index < -0.39 is 5.41 Å². The number of hydrogen-bond donors (Lipinski definition) is 1. The molecule has 0 fully saturated rings. The van der Waals surface area contributed by atoms with Crippen LogP contribution in [0.1, 0.15) is 52.9 Å². The summed E-state index contributed by atoms with van der Waals surface area (Å²) in [6, 6.07) is 15.3. The van der Waals surface area contributed by atoms with E-state index >= 15 is 0 Å². The van der Waals surface area contributed by atoms with E-state index in [9.17, 15) is 5.11 Å². The van der Waals surface area contributed by atoms with Crippen LogP contribution in [0.2, 0.25) is 0 Å². The molecule has 0 bridgehead atoms. The van der Waals surface area contributed by atoms with Crippen molar-refractivity contribution in [1.82, 2.24) is 9.97 Å². The fourth-order valence-electron chi connectivity index (χ4n) is 4.87. The Morgan fingerprint density at radius 1 is 0.794 bits per heavy atom. The quantitative estimate of drug-likeness (QED) is 0.285. The smallest absolute Gasteiger partial charge is 0.219 e. The van der Waals surface area contributed by atoms with Crippen molar-refractivity contribution in [2.45, 2.75) is 46.5 Å². The lowest BCUT2D eigenvalue weighted by molar-refractivity contribution is 0.373. The van der Waals surface area contributed by atoms with Crippen LogP contribution in [0.4, 0.5) is 0 Å². The summed E-state index contributed by atoms with van der Waals surface area (Å²) in [4.78, 5) is 9.81. The molecule has 0 aliphatic rings. The van der Waals surface area contributed by atoms with E-state index in [0.717, 1.165) is 38.9 Å². The molecule has 2 heterocycles. The zero-order chi connectivity index (χ0) is 24.2. The van der Waals surface area contributed by atoms with Gasteiger partial charge < -0.3 is 13.9 Å². The van der Waals surface area contributed by atoms with Crippen molar-refractivity contribution in [3.63, 3.8) is 0 Å². The first-order valence-electron chi connectivity index (χ1n) is 11.5. The van der Waals surface area contributed by atoms with Crippen molar-refractivity contribution < 1.29 is 13.9 Å². The minimum Gasteiger partial charge on any atom is -0.507 e. The Bertz CT molecular complexity index is 1400. The number of phenols is 1. The maximum atomic E-state index is 11.7. The Kier molecular flexibility index (Phi) is 5.08. The van der Waals surface area contributed by atoms with Crippen LogP contribution < -0.4 is 0 Å². The highest BCUT2D eigenvalue weighted by atomic mass is 16.4. The monoisotopic (exact) mass is 452 g/mol. The second-order valence-corrected chi connectivity index (χ2v) is 8.90. The van der Waals surface area contributed by atoms with Crippen LogP contribution in [0, 0.1) is 27.7 Å². The number of para-hydroxylation sites is 4. The van der Waals surface area contributed by atoms with E-state index in [1.54, 1.807) is 0 Å². The summed E-state index contributed by atoms with van der Waals surface area (Å²) in [5.74, 6) is 0.945. The zero-order valence-electron chi connectivity index (χ0n) is 20.2. The number of oxazole rings is 2. The minimum atomic E-state index is -1.22. The van der Waals surface area contributed by atoms with Crippen LogP contribution in [0.3, 0.4) is 0 Å². The molecule has 34 heavy (non-hydrogen) atoms. The summed E-state index contributed by atoms with van der Waals surface area (Å²) in [5.41, 5.74) is 6.82. The van der Waals surface area contributed by atoms with Crippen LogP contribution in [0.5, 0.6) is 5.75 Å². The van der Waals surface area contributed by atoms with Crippen LogP contribution in [-0.2, 0) is 5.41 Å². The Morgan fingerprint density at radius 3 is 1.74 bits per heavy atom. The lowest BCUT2D eigenvalue weighted by Crippen LogP contribution is -2.34. The van der Waals surface area contributed by atoms with Crippen molar-refractivity contribution in [3.8, 4) is 5.75 Å². The number of aromatic nitrogens is 2. The first-order valence-corrected chi connectivity index (χ1v) is 11.5. The molecule has 0 aliphatic heterocycles. The lowest BCUT2D eigenvalue weighted by Gasteiger charge is -2.33. The molecule has 0 amide bonds. The maximum absolute atomic E-state index is 11.7. The van der Waals surface area contributed by atoms with Crippen molar-refractivity contribution in [2.24, 2.45) is 0 Å². The normalized spacial score (nSPS) is 12.0. The molecule has 5 heteroatoms. The Morgan fingerprint density at radius 2 is 1.26 bits per heavy atom. The van der Waals surface area contributed by atoms with Gasteiger partial charge in [-0.3, -0.25) is 0 Å². The van der Waals surface area contributed by atoms with Crippen molar-refractivity contribution in [3.05, 3.63) is 100 Å². The molecule has 0 saturated carbocycles. The summed E-state index contributed by atoms with van der Waals surface area (Å²) in [6.07, 6.45) is 0.600. The molecule has 0 radical (unpaired) electrons. The number of aromatic hydroxyl groups is 1. The molecular formula is C29H28N2O3. The first kappa shape index (κ1) is 22.0. The summed E-state index contributed by atoms with van der Waals surface area (Å²) in [6.45, 7) is 14.5. The highest BCUT2D eigenvalue weighted by Gasteiger charge is 2.51. The van der Waals surface area contributed by atoms with Gasteiger partial charge in [0.15, 0.2) is 16.6 Å². The molecule has 3 aromatic carbocycles. The summed E-state index contributed by atoms with van der Waals surface area (Å²) < 4.78 is 12.8. The standard InChI is InChI=1S/C29H28N2O3/c1-7-16(2)29(27-30-21-12-8-10-14-23(21)33-27,28-31-22-13-9-11-15-24(22)34-28)25-19(5)17(3)18(4)20(6)26(25)32/h8-15,32H,2,7H2,1,3-6H3. The molecule has 5 nitrogen and oxygen atoms in total. The third kappa shape index (κ3) is 2.93. The maximum Gasteiger partial charge on any atom is 0.219 e. The zero-order valence-corrected chi connectivity index (χ0v) is 20.2. The number of rotatable bonds is 5. The van der Waals surface area contributed by atoms with E-state index in [2.05, 4.69) is 13.5 Å². The van der Waals surface area contributed by atoms with Gasteiger partial charge in [-0.05, 0) is 86.2 Å². The van der Waals surface area contributed by atoms with Gasteiger partial charge in [0.25, 0.3) is 0 Å². The Hall–Kier alpha value is -3.86. The van der Waals surface area contributed by atoms with Gasteiger partial charge in [0.05, 0.1) is 0 Å². The second-order valence-electron chi connectivity index (χ2n) is 8.90. The SMILES string of the molecule is C=C(CC)C(c1nc2ccccc2o1)(c1nc2ccccc2o1)c1c(C)c(C)c(C)c(C)c1O. The van der Waals surface area contributed by atoms with E-state index in [1.807, 2.05) is 76.2 Å². The number of nitrogens with zero attached hydrogens (tertiary/aromatic N) is 2. The highest BCUT2D eigenvalue weighted by molar-refractivity contribution is 5.76. The van der Waals surface area contributed by atoms with Gasteiger partial charge in [0.2, 0.25) is 11.8 Å². The van der Waals surface area contributed by atoms with Crippen molar-refractivity contribution in [2.75, 3.05) is 0 Å². The Balaban J connectivity index is 2.00. The predicted octanol–water partition coefficient (Wildman–Crippen LogP) is 7.21. The van der Waals surface area contributed by atoms with E-state index in [4.69, 9.17) is 18.8 Å². The summed E-state index contributed by atoms with van der Waals surface area (Å²) in [5, 5.41) is 11.7.